The van der Waals surface area contributed by atoms with Gasteiger partial charge >= 0.3 is 0 Å². The Hall–Kier alpha value is -1.87. The molecular weight excluding hydrogens is 495 g/mol. The Kier molecular flexibility index (Phi) is 8.02. The van der Waals surface area contributed by atoms with Gasteiger partial charge in [-0.05, 0) is 41.6 Å². The van der Waals surface area contributed by atoms with Crippen LogP contribution >= 0.6 is 23.5 Å². The van der Waals surface area contributed by atoms with Crippen molar-refractivity contribution in [2.45, 2.75) is 23.4 Å². The van der Waals surface area contributed by atoms with Crippen LogP contribution in [0, 0.1) is 5.92 Å². The first-order valence-corrected chi connectivity index (χ1v) is 13.9. The van der Waals surface area contributed by atoms with Crippen LogP contribution in [0.5, 0.6) is 5.75 Å². The lowest BCUT2D eigenvalue weighted by Crippen LogP contribution is -2.58. The van der Waals surface area contributed by atoms with Gasteiger partial charge in [-0.2, -0.15) is 0 Å². The molecule has 4 rings (SSSR count). The minimum Gasteiger partial charge on any atom is -0.497 e. The minimum atomic E-state index is -1.83. The van der Waals surface area contributed by atoms with Crippen molar-refractivity contribution in [3.8, 4) is 16.9 Å². The predicted molar refractivity (Wildman–Crippen MR) is 137 cm³/mol. The average molecular weight is 523 g/mol. The summed E-state index contributed by atoms with van der Waals surface area (Å²) in [6.45, 7) is 1.91. The maximum absolute atomic E-state index is 15.6. The number of ether oxygens (including phenoxy) is 1. The fourth-order valence-corrected chi connectivity index (χ4v) is 5.92. The third-order valence-electron chi connectivity index (χ3n) is 6.22. The molecule has 2 saturated heterocycles. The largest absolute Gasteiger partial charge is 0.497 e. The molecule has 2 aliphatic rings. The zero-order chi connectivity index (χ0) is 24.3. The Morgan fingerprint density at radius 1 is 1.21 bits per heavy atom. The normalized spacial score (nSPS) is 19.7. The number of hydrogen-bond donors (Lipinski definition) is 0. The first-order valence-electron chi connectivity index (χ1n) is 11.1. The second-order valence-electron chi connectivity index (χ2n) is 8.62. The molecule has 2 aliphatic heterocycles. The van der Waals surface area contributed by atoms with Crippen molar-refractivity contribution in [2.24, 2.45) is 5.92 Å². The summed E-state index contributed by atoms with van der Waals surface area (Å²) >= 11 is 8.01. The van der Waals surface area contributed by atoms with Crippen molar-refractivity contribution >= 4 is 40.3 Å². The summed E-state index contributed by atoms with van der Waals surface area (Å²) in [5, 5.41) is 2.28. The second-order valence-corrected chi connectivity index (χ2v) is 11.4. The van der Waals surface area contributed by atoms with Gasteiger partial charge in [0.2, 0.25) is 0 Å². The van der Waals surface area contributed by atoms with Gasteiger partial charge in [-0.1, -0.05) is 35.9 Å². The van der Waals surface area contributed by atoms with Crippen LogP contribution in [0.1, 0.15) is 12.8 Å². The summed E-state index contributed by atoms with van der Waals surface area (Å²) in [5.41, 5.74) is 0.0341. The SMILES string of the molecule is COc1ccc(SN2CCC(F)(C(=O)N3CC(/C=C\S(C)=O)C3)CC2)c(-c2ccccc2Cl)c1. The molecule has 0 aromatic heterocycles. The van der Waals surface area contributed by atoms with Crippen LogP contribution in [0.3, 0.4) is 0 Å². The van der Waals surface area contributed by atoms with Crippen molar-refractivity contribution in [1.82, 2.24) is 9.21 Å². The quantitative estimate of drug-likeness (QED) is 0.469. The number of methoxy groups -OCH3 is 1. The van der Waals surface area contributed by atoms with E-state index in [1.807, 2.05) is 48.5 Å². The van der Waals surface area contributed by atoms with E-state index in [1.54, 1.807) is 35.6 Å². The smallest absolute Gasteiger partial charge is 0.260 e. The fraction of sp³-hybridized carbons (Fsp3) is 0.400. The molecule has 2 aromatic carbocycles. The van der Waals surface area contributed by atoms with E-state index in [2.05, 4.69) is 4.31 Å². The Balaban J connectivity index is 1.39. The highest BCUT2D eigenvalue weighted by Crippen LogP contribution is 2.41. The summed E-state index contributed by atoms with van der Waals surface area (Å²) in [6, 6.07) is 13.5. The van der Waals surface area contributed by atoms with E-state index in [9.17, 15) is 9.00 Å². The standard InChI is InChI=1S/C25H28ClFN2O3S2/c1-32-19-7-8-23(21(15-19)20-5-3-4-6-22(20)26)33-29-12-10-25(27,11-13-29)24(30)28-16-18(17-28)9-14-34(2)31/h3-9,14-15,18H,10-13,16-17H2,1-2H3/b14-9-. The first-order chi connectivity index (χ1) is 16.3. The van der Waals surface area contributed by atoms with E-state index in [1.165, 1.54) is 0 Å². The van der Waals surface area contributed by atoms with Crippen LogP contribution in [-0.2, 0) is 15.6 Å². The van der Waals surface area contributed by atoms with E-state index in [4.69, 9.17) is 16.3 Å². The molecule has 1 unspecified atom stereocenters. The number of amides is 1. The van der Waals surface area contributed by atoms with Crippen molar-refractivity contribution < 1.29 is 18.1 Å². The van der Waals surface area contributed by atoms with Crippen LogP contribution in [0.2, 0.25) is 5.02 Å². The molecule has 0 N–H and O–H groups in total. The predicted octanol–water partition coefficient (Wildman–Crippen LogP) is 5.18. The Labute approximate surface area is 211 Å². The Morgan fingerprint density at radius 2 is 1.91 bits per heavy atom. The Morgan fingerprint density at radius 3 is 2.56 bits per heavy atom. The van der Waals surface area contributed by atoms with Gasteiger partial charge in [-0.3, -0.25) is 9.00 Å². The molecule has 0 spiro atoms. The molecule has 2 aromatic rings. The number of carbonyl (C=O) groups is 1. The molecule has 9 heteroatoms. The van der Waals surface area contributed by atoms with E-state index in [0.717, 1.165) is 21.8 Å². The number of halogens is 2. The molecule has 1 atom stereocenters. The number of carbonyl (C=O) groups excluding carboxylic acids is 1. The molecule has 1 amide bonds. The van der Waals surface area contributed by atoms with Gasteiger partial charge in [0.1, 0.15) is 5.75 Å². The van der Waals surface area contributed by atoms with Gasteiger partial charge < -0.3 is 9.64 Å². The highest BCUT2D eigenvalue weighted by atomic mass is 35.5. The van der Waals surface area contributed by atoms with Crippen molar-refractivity contribution in [3.63, 3.8) is 0 Å². The molecule has 0 radical (unpaired) electrons. The summed E-state index contributed by atoms with van der Waals surface area (Å²) < 4.78 is 34.3. The number of alkyl halides is 1. The molecule has 5 nitrogen and oxygen atoms in total. The van der Waals surface area contributed by atoms with Crippen LogP contribution in [0.4, 0.5) is 4.39 Å². The molecule has 0 saturated carbocycles. The van der Waals surface area contributed by atoms with Crippen LogP contribution < -0.4 is 4.74 Å². The van der Waals surface area contributed by atoms with Crippen molar-refractivity contribution in [1.29, 1.82) is 0 Å². The molecule has 0 aliphatic carbocycles. The van der Waals surface area contributed by atoms with Gasteiger partial charge in [0, 0.05) is 83.0 Å². The topological polar surface area (TPSA) is 49.9 Å². The molecule has 0 bridgehead atoms. The summed E-state index contributed by atoms with van der Waals surface area (Å²) in [5.74, 6) is 0.477. The highest BCUT2D eigenvalue weighted by molar-refractivity contribution is 7.97. The summed E-state index contributed by atoms with van der Waals surface area (Å²) in [6.07, 6.45) is 3.78. The summed E-state index contributed by atoms with van der Waals surface area (Å²) in [4.78, 5) is 15.4. The number of rotatable bonds is 7. The van der Waals surface area contributed by atoms with Crippen molar-refractivity contribution in [3.05, 3.63) is 59.0 Å². The van der Waals surface area contributed by atoms with Crippen LogP contribution in [0.25, 0.3) is 11.1 Å². The summed E-state index contributed by atoms with van der Waals surface area (Å²) in [7, 11) is 0.620. The average Bonchev–Trinajstić information content (AvgIpc) is 2.80. The lowest BCUT2D eigenvalue weighted by molar-refractivity contribution is -0.152. The van der Waals surface area contributed by atoms with Crippen LogP contribution in [0.15, 0.2) is 58.8 Å². The maximum atomic E-state index is 15.6. The van der Waals surface area contributed by atoms with Gasteiger partial charge in [-0.15, -0.1) is 0 Å². The minimum absolute atomic E-state index is 0.158. The molecular formula is C25H28ClFN2O3S2. The number of piperidine rings is 1. The van der Waals surface area contributed by atoms with Gasteiger partial charge in [-0.25, -0.2) is 8.70 Å². The first kappa shape index (κ1) is 25.2. The van der Waals surface area contributed by atoms with E-state index in [-0.39, 0.29) is 18.8 Å². The lowest BCUT2D eigenvalue weighted by atomic mass is 9.89. The van der Waals surface area contributed by atoms with E-state index >= 15 is 4.39 Å². The van der Waals surface area contributed by atoms with Gasteiger partial charge in [0.25, 0.3) is 5.91 Å². The maximum Gasteiger partial charge on any atom is 0.260 e. The van der Waals surface area contributed by atoms with Crippen molar-refractivity contribution in [2.75, 3.05) is 39.5 Å². The fourth-order valence-electron chi connectivity index (χ4n) is 4.20. The van der Waals surface area contributed by atoms with E-state index in [0.29, 0.717) is 31.2 Å². The number of benzene rings is 2. The monoisotopic (exact) mass is 522 g/mol. The zero-order valence-electron chi connectivity index (χ0n) is 19.2. The molecule has 34 heavy (non-hydrogen) atoms. The van der Waals surface area contributed by atoms with Gasteiger partial charge in [0.15, 0.2) is 5.67 Å². The molecule has 2 fully saturated rings. The Bertz CT molecular complexity index is 1100. The second kappa shape index (κ2) is 10.8. The number of hydrogen-bond acceptors (Lipinski definition) is 5. The third-order valence-corrected chi connectivity index (χ3v) is 8.26. The van der Waals surface area contributed by atoms with E-state index < -0.39 is 22.4 Å². The third kappa shape index (κ3) is 5.67. The molecule has 2 heterocycles. The van der Waals surface area contributed by atoms with Gasteiger partial charge in [0.05, 0.1) is 7.11 Å². The number of likely N-dealkylation sites (tertiary alicyclic amines) is 1. The van der Waals surface area contributed by atoms with Crippen LogP contribution in [-0.4, -0.2) is 64.5 Å². The number of nitrogens with zero attached hydrogens (tertiary/aromatic N) is 2. The lowest BCUT2D eigenvalue weighted by Gasteiger charge is -2.43. The highest BCUT2D eigenvalue weighted by Gasteiger charge is 2.46. The zero-order valence-corrected chi connectivity index (χ0v) is 21.6. The molecule has 182 valence electrons.